The molecule has 0 radical (unpaired) electrons. The van der Waals surface area contributed by atoms with E-state index in [1.807, 2.05) is 6.92 Å². The second-order valence-corrected chi connectivity index (χ2v) is 9.25. The normalized spacial score (nSPS) is 21.8. The van der Waals surface area contributed by atoms with Crippen LogP contribution in [0.3, 0.4) is 0 Å². The molecule has 8 heteroatoms. The number of nitrogens with zero attached hydrogens (tertiary/aromatic N) is 1. The minimum atomic E-state index is -3.81. The summed E-state index contributed by atoms with van der Waals surface area (Å²) in [5.41, 5.74) is 0. The average Bonchev–Trinajstić information content (AvgIpc) is 2.76. The van der Waals surface area contributed by atoms with Crippen LogP contribution in [0.2, 0.25) is 0 Å². The van der Waals surface area contributed by atoms with Gasteiger partial charge in [0.25, 0.3) is 0 Å². The van der Waals surface area contributed by atoms with Gasteiger partial charge in [-0.25, -0.2) is 21.2 Å². The van der Waals surface area contributed by atoms with E-state index in [1.54, 1.807) is 0 Å². The van der Waals surface area contributed by atoms with Crippen LogP contribution in [0.15, 0.2) is 29.2 Å². The molecular formula is C13H18FNO4S2. The van der Waals surface area contributed by atoms with Gasteiger partial charge in [-0.2, -0.15) is 4.31 Å². The van der Waals surface area contributed by atoms with E-state index in [-0.39, 0.29) is 22.9 Å². The first-order valence-electron chi connectivity index (χ1n) is 6.74. The largest absolute Gasteiger partial charge is 0.243 e. The molecule has 0 saturated carbocycles. The van der Waals surface area contributed by atoms with Crippen molar-refractivity contribution in [1.82, 2.24) is 4.31 Å². The fourth-order valence-electron chi connectivity index (χ4n) is 2.46. The van der Waals surface area contributed by atoms with Crippen molar-refractivity contribution in [3.8, 4) is 0 Å². The van der Waals surface area contributed by atoms with Gasteiger partial charge in [0.1, 0.15) is 5.82 Å². The van der Waals surface area contributed by atoms with Crippen LogP contribution in [0.25, 0.3) is 0 Å². The van der Waals surface area contributed by atoms with Gasteiger partial charge in [0.05, 0.1) is 16.4 Å². The number of hydrogen-bond donors (Lipinski definition) is 0. The van der Waals surface area contributed by atoms with Gasteiger partial charge in [-0.3, -0.25) is 0 Å². The molecule has 1 atom stereocenters. The summed E-state index contributed by atoms with van der Waals surface area (Å²) in [5, 5.41) is 0. The topological polar surface area (TPSA) is 71.5 Å². The zero-order valence-corrected chi connectivity index (χ0v) is 13.3. The van der Waals surface area contributed by atoms with E-state index in [4.69, 9.17) is 0 Å². The molecule has 5 nitrogen and oxygen atoms in total. The van der Waals surface area contributed by atoms with E-state index in [1.165, 1.54) is 16.4 Å². The third-order valence-corrected chi connectivity index (χ3v) is 7.20. The number of sulfonamides is 1. The Balaban J connectivity index is 2.35. The molecule has 0 spiro atoms. The third kappa shape index (κ3) is 3.61. The molecule has 0 N–H and O–H groups in total. The first-order chi connectivity index (χ1) is 9.76. The van der Waals surface area contributed by atoms with Crippen molar-refractivity contribution in [1.29, 1.82) is 0 Å². The van der Waals surface area contributed by atoms with Crippen molar-refractivity contribution in [2.45, 2.75) is 30.7 Å². The van der Waals surface area contributed by atoms with Crippen LogP contribution >= 0.6 is 0 Å². The summed E-state index contributed by atoms with van der Waals surface area (Å²) in [6.45, 7) is 2.08. The highest BCUT2D eigenvalue weighted by molar-refractivity contribution is 7.92. The second-order valence-electron chi connectivity index (χ2n) is 5.13. The van der Waals surface area contributed by atoms with Crippen LogP contribution in [-0.2, 0) is 19.9 Å². The van der Waals surface area contributed by atoms with E-state index in [2.05, 4.69) is 0 Å². The van der Waals surface area contributed by atoms with Crippen LogP contribution in [0.4, 0.5) is 4.39 Å². The standard InChI is InChI=1S/C13H18FNO4S2/c1-2-8-15(12-7-9-20(16,17)10-12)21(18,19)13-5-3-11(14)4-6-13/h3-6,12H,2,7-10H2,1H3/t12-/m1/s1. The van der Waals surface area contributed by atoms with Crippen molar-refractivity contribution in [3.05, 3.63) is 30.1 Å². The molecule has 1 aromatic rings. The lowest BCUT2D eigenvalue weighted by molar-refractivity contribution is 0.340. The molecule has 0 amide bonds. The fraction of sp³-hybridized carbons (Fsp3) is 0.538. The highest BCUT2D eigenvalue weighted by Gasteiger charge is 2.38. The number of rotatable bonds is 5. The Kier molecular flexibility index (Phi) is 4.69. The smallest absolute Gasteiger partial charge is 0.229 e. The monoisotopic (exact) mass is 335 g/mol. The van der Waals surface area contributed by atoms with Crippen LogP contribution in [-0.4, -0.2) is 45.2 Å². The van der Waals surface area contributed by atoms with Crippen LogP contribution in [0.1, 0.15) is 19.8 Å². The highest BCUT2D eigenvalue weighted by Crippen LogP contribution is 2.25. The van der Waals surface area contributed by atoms with E-state index in [0.29, 0.717) is 12.8 Å². The van der Waals surface area contributed by atoms with Crippen molar-refractivity contribution in [2.24, 2.45) is 0 Å². The maximum atomic E-state index is 12.9. The fourth-order valence-corrected chi connectivity index (χ4v) is 6.04. The summed E-state index contributed by atoms with van der Waals surface area (Å²) in [6, 6.07) is 4.04. The lowest BCUT2D eigenvalue weighted by Crippen LogP contribution is -2.41. The molecule has 1 aliphatic heterocycles. The predicted octanol–water partition coefficient (Wildman–Crippen LogP) is 1.41. The van der Waals surface area contributed by atoms with Crippen LogP contribution in [0, 0.1) is 5.82 Å². The van der Waals surface area contributed by atoms with Gasteiger partial charge in [-0.05, 0) is 37.1 Å². The van der Waals surface area contributed by atoms with Crippen molar-refractivity contribution in [2.75, 3.05) is 18.1 Å². The molecular weight excluding hydrogens is 317 g/mol. The molecule has 118 valence electrons. The van der Waals surface area contributed by atoms with Crippen molar-refractivity contribution >= 4 is 19.9 Å². The van der Waals surface area contributed by atoms with E-state index in [0.717, 1.165) is 12.1 Å². The zero-order valence-electron chi connectivity index (χ0n) is 11.7. The molecule has 1 heterocycles. The Labute approximate surface area is 124 Å². The van der Waals surface area contributed by atoms with E-state index >= 15 is 0 Å². The lowest BCUT2D eigenvalue weighted by Gasteiger charge is -2.27. The van der Waals surface area contributed by atoms with E-state index in [9.17, 15) is 21.2 Å². The Morgan fingerprint density at radius 2 is 1.90 bits per heavy atom. The molecule has 1 fully saturated rings. The molecule has 0 unspecified atom stereocenters. The van der Waals surface area contributed by atoms with Crippen LogP contribution < -0.4 is 0 Å². The van der Waals surface area contributed by atoms with Crippen LogP contribution in [0.5, 0.6) is 0 Å². The summed E-state index contributed by atoms with van der Waals surface area (Å²) in [7, 11) is -6.99. The highest BCUT2D eigenvalue weighted by atomic mass is 32.2. The Morgan fingerprint density at radius 3 is 2.38 bits per heavy atom. The first kappa shape index (κ1) is 16.4. The van der Waals surface area contributed by atoms with Crippen molar-refractivity contribution in [3.63, 3.8) is 0 Å². The molecule has 0 aliphatic carbocycles. The van der Waals surface area contributed by atoms with Gasteiger partial charge >= 0.3 is 0 Å². The molecule has 0 bridgehead atoms. The third-order valence-electron chi connectivity index (χ3n) is 3.48. The number of halogens is 1. The quantitative estimate of drug-likeness (QED) is 0.816. The van der Waals surface area contributed by atoms with Gasteiger partial charge in [0, 0.05) is 12.6 Å². The Morgan fingerprint density at radius 1 is 1.29 bits per heavy atom. The second kappa shape index (κ2) is 6.02. The van der Waals surface area contributed by atoms with E-state index < -0.39 is 31.7 Å². The molecule has 21 heavy (non-hydrogen) atoms. The Bertz CT molecular complexity index is 698. The van der Waals surface area contributed by atoms with Gasteiger partial charge in [-0.1, -0.05) is 6.92 Å². The summed E-state index contributed by atoms with van der Waals surface area (Å²) < 4.78 is 62.6. The molecule has 1 aliphatic rings. The predicted molar refractivity (Wildman–Crippen MR) is 77.6 cm³/mol. The maximum Gasteiger partial charge on any atom is 0.243 e. The first-order valence-corrected chi connectivity index (χ1v) is 10.0. The average molecular weight is 335 g/mol. The maximum absolute atomic E-state index is 12.9. The zero-order chi connectivity index (χ0) is 15.7. The van der Waals surface area contributed by atoms with Gasteiger partial charge in [0.15, 0.2) is 9.84 Å². The summed E-state index contributed by atoms with van der Waals surface area (Å²) in [5.74, 6) is -0.649. The van der Waals surface area contributed by atoms with Gasteiger partial charge in [0.2, 0.25) is 10.0 Å². The molecule has 1 aromatic carbocycles. The van der Waals surface area contributed by atoms with Gasteiger partial charge in [-0.15, -0.1) is 0 Å². The Hall–Kier alpha value is -0.990. The molecule has 0 aromatic heterocycles. The minimum Gasteiger partial charge on any atom is -0.229 e. The summed E-state index contributed by atoms with van der Waals surface area (Å²) in [6.07, 6.45) is 0.889. The molecule has 2 rings (SSSR count). The minimum absolute atomic E-state index is 0.0107. The number of hydrogen-bond acceptors (Lipinski definition) is 4. The lowest BCUT2D eigenvalue weighted by atomic mass is 10.2. The van der Waals surface area contributed by atoms with Crippen molar-refractivity contribution < 1.29 is 21.2 Å². The molecule has 1 saturated heterocycles. The number of sulfone groups is 1. The summed E-state index contributed by atoms with van der Waals surface area (Å²) >= 11 is 0. The van der Waals surface area contributed by atoms with Gasteiger partial charge < -0.3 is 0 Å². The summed E-state index contributed by atoms with van der Waals surface area (Å²) in [4.78, 5) is -0.0124. The number of benzene rings is 1. The SMILES string of the molecule is CCCN([C@@H]1CCS(=O)(=O)C1)S(=O)(=O)c1ccc(F)cc1.